The Hall–Kier alpha value is -3.08. The van der Waals surface area contributed by atoms with Crippen LogP contribution >= 0.6 is 0 Å². The van der Waals surface area contributed by atoms with E-state index in [1.165, 1.54) is 0 Å². The highest BCUT2D eigenvalue weighted by molar-refractivity contribution is 5.94. The maximum Gasteiger partial charge on any atom is 0.347 e. The lowest BCUT2D eigenvalue weighted by Gasteiger charge is -2.11. The van der Waals surface area contributed by atoms with Crippen molar-refractivity contribution in [1.29, 1.82) is 0 Å². The monoisotopic (exact) mass is 297 g/mol. The molecule has 0 saturated carbocycles. The van der Waals surface area contributed by atoms with Gasteiger partial charge in [-0.2, -0.15) is 5.48 Å². The van der Waals surface area contributed by atoms with Crippen LogP contribution in [0.4, 0.5) is 0 Å². The molecule has 2 aromatic rings. The van der Waals surface area contributed by atoms with Gasteiger partial charge in [-0.1, -0.05) is 30.8 Å². The van der Waals surface area contributed by atoms with E-state index in [4.69, 9.17) is 9.57 Å². The second-order valence-electron chi connectivity index (χ2n) is 4.47. The van der Waals surface area contributed by atoms with E-state index in [-0.39, 0.29) is 11.3 Å². The molecule has 0 atom stereocenters. The molecular weight excluding hydrogens is 282 g/mol. The first-order valence-electron chi connectivity index (χ1n) is 6.57. The minimum Gasteiger partial charge on any atom is -0.423 e. The molecule has 5 heteroatoms. The molecule has 2 rings (SSSR count). The number of hydrogen-bond acceptors (Lipinski definition) is 4. The van der Waals surface area contributed by atoms with Gasteiger partial charge >= 0.3 is 5.97 Å². The van der Waals surface area contributed by atoms with E-state index in [1.807, 2.05) is 13.0 Å². The summed E-state index contributed by atoms with van der Waals surface area (Å²) in [6.07, 6.45) is 1.07. The quantitative estimate of drug-likeness (QED) is 0.399. The zero-order chi connectivity index (χ0) is 15.9. The fraction of sp³-hybridized carbons (Fsp3) is 0.0588. The van der Waals surface area contributed by atoms with Gasteiger partial charge in [-0.3, -0.25) is 4.79 Å². The lowest BCUT2D eigenvalue weighted by molar-refractivity contribution is -0.122. The molecule has 2 aromatic carbocycles. The molecule has 0 saturated heterocycles. The minimum atomic E-state index is -0.575. The molecule has 1 amide bonds. The summed E-state index contributed by atoms with van der Waals surface area (Å²) in [6, 6.07) is 13.7. The van der Waals surface area contributed by atoms with Gasteiger partial charge in [0.2, 0.25) is 0 Å². The van der Waals surface area contributed by atoms with Gasteiger partial charge < -0.3 is 9.57 Å². The molecule has 0 aliphatic rings. The predicted molar refractivity (Wildman–Crippen MR) is 81.5 cm³/mol. The summed E-state index contributed by atoms with van der Waals surface area (Å²) in [5.74, 6) is -0.455. The van der Waals surface area contributed by atoms with Gasteiger partial charge in [0.25, 0.3) is 5.91 Å². The molecular formula is C17H15NO4. The zero-order valence-electron chi connectivity index (χ0n) is 12.0. The number of hydrogen-bond donors (Lipinski definition) is 1. The highest BCUT2D eigenvalue weighted by atomic mass is 16.7. The van der Waals surface area contributed by atoms with Crippen molar-refractivity contribution in [1.82, 2.24) is 5.48 Å². The normalized spacial score (nSPS) is 9.68. The van der Waals surface area contributed by atoms with Crippen molar-refractivity contribution in [2.45, 2.75) is 6.92 Å². The van der Waals surface area contributed by atoms with Gasteiger partial charge in [-0.05, 0) is 42.8 Å². The zero-order valence-corrected chi connectivity index (χ0v) is 12.0. The number of nitrogens with one attached hydrogen (secondary N) is 1. The molecule has 0 aliphatic heterocycles. The van der Waals surface area contributed by atoms with Crippen LogP contribution in [0.5, 0.6) is 11.5 Å². The van der Waals surface area contributed by atoms with Crippen LogP contribution < -0.4 is 15.1 Å². The molecule has 1 N–H and O–H groups in total. The van der Waals surface area contributed by atoms with Crippen LogP contribution in [0.2, 0.25) is 0 Å². The van der Waals surface area contributed by atoms with Gasteiger partial charge in [0.15, 0.2) is 5.75 Å². The average Bonchev–Trinajstić information content (AvgIpc) is 2.53. The summed E-state index contributed by atoms with van der Waals surface area (Å²) in [5, 5.41) is 0. The maximum atomic E-state index is 12.2. The summed E-state index contributed by atoms with van der Waals surface area (Å²) in [5.41, 5.74) is 3.25. The van der Waals surface area contributed by atoms with Gasteiger partial charge in [0.1, 0.15) is 11.3 Å². The summed E-state index contributed by atoms with van der Waals surface area (Å²) < 4.78 is 5.26. The van der Waals surface area contributed by atoms with E-state index >= 15 is 0 Å². The minimum absolute atomic E-state index is 0.205. The van der Waals surface area contributed by atoms with Crippen LogP contribution in [0.1, 0.15) is 15.9 Å². The first kappa shape index (κ1) is 15.3. The third-order valence-electron chi connectivity index (χ3n) is 2.76. The number of aryl methyl sites for hydroxylation is 1. The number of esters is 1. The predicted octanol–water partition coefficient (Wildman–Crippen LogP) is 2.81. The molecule has 22 heavy (non-hydrogen) atoms. The Morgan fingerprint density at radius 1 is 1.14 bits per heavy atom. The van der Waals surface area contributed by atoms with Crippen LogP contribution in [0, 0.1) is 6.92 Å². The third kappa shape index (κ3) is 3.96. The first-order valence-corrected chi connectivity index (χ1v) is 6.57. The fourth-order valence-corrected chi connectivity index (χ4v) is 1.68. The SMILES string of the molecule is C=CC(=O)NOc1cc(C)ccc1C(=O)Oc1ccccc1. The second-order valence-corrected chi connectivity index (χ2v) is 4.47. The molecule has 0 aliphatic carbocycles. The number of ether oxygens (including phenoxy) is 1. The Labute approximate surface area is 128 Å². The molecule has 0 aromatic heterocycles. The number of carbonyl (C=O) groups excluding carboxylic acids is 2. The molecule has 0 spiro atoms. The number of carbonyl (C=O) groups is 2. The van der Waals surface area contributed by atoms with Crippen molar-refractivity contribution in [2.75, 3.05) is 0 Å². The highest BCUT2D eigenvalue weighted by Gasteiger charge is 2.16. The Balaban J connectivity index is 2.20. The number of amides is 1. The molecule has 112 valence electrons. The Morgan fingerprint density at radius 2 is 1.86 bits per heavy atom. The molecule has 5 nitrogen and oxygen atoms in total. The van der Waals surface area contributed by atoms with E-state index in [2.05, 4.69) is 12.1 Å². The van der Waals surface area contributed by atoms with Crippen LogP contribution in [0.25, 0.3) is 0 Å². The van der Waals surface area contributed by atoms with Crippen molar-refractivity contribution < 1.29 is 19.2 Å². The maximum absolute atomic E-state index is 12.2. The molecule has 0 unspecified atom stereocenters. The second kappa shape index (κ2) is 7.08. The summed E-state index contributed by atoms with van der Waals surface area (Å²) >= 11 is 0. The van der Waals surface area contributed by atoms with Gasteiger partial charge in [0, 0.05) is 0 Å². The summed E-state index contributed by atoms with van der Waals surface area (Å²) in [4.78, 5) is 28.6. The number of hydroxylamine groups is 1. The summed E-state index contributed by atoms with van der Waals surface area (Å²) in [7, 11) is 0. The summed E-state index contributed by atoms with van der Waals surface area (Å²) in [6.45, 7) is 5.16. The van der Waals surface area contributed by atoms with E-state index < -0.39 is 11.9 Å². The smallest absolute Gasteiger partial charge is 0.347 e. The van der Waals surface area contributed by atoms with Gasteiger partial charge in [-0.15, -0.1) is 0 Å². The molecule has 0 fully saturated rings. The van der Waals surface area contributed by atoms with E-state index in [0.717, 1.165) is 11.6 Å². The van der Waals surface area contributed by atoms with Crippen LogP contribution in [-0.4, -0.2) is 11.9 Å². The molecule has 0 bridgehead atoms. The standard InChI is InChI=1S/C17H15NO4/c1-3-16(19)18-22-15-11-12(2)9-10-14(15)17(20)21-13-7-5-4-6-8-13/h3-11H,1H2,2H3,(H,18,19). The third-order valence-corrected chi connectivity index (χ3v) is 2.76. The van der Waals surface area contributed by atoms with Crippen molar-refractivity contribution in [3.8, 4) is 11.5 Å². The van der Waals surface area contributed by atoms with E-state index in [0.29, 0.717) is 5.75 Å². The van der Waals surface area contributed by atoms with Crippen molar-refractivity contribution >= 4 is 11.9 Å². The first-order chi connectivity index (χ1) is 10.6. The van der Waals surface area contributed by atoms with Gasteiger partial charge in [0.05, 0.1) is 0 Å². The Bertz CT molecular complexity index is 695. The van der Waals surface area contributed by atoms with E-state index in [1.54, 1.807) is 42.5 Å². The fourth-order valence-electron chi connectivity index (χ4n) is 1.68. The Kier molecular flexibility index (Phi) is 4.93. The Morgan fingerprint density at radius 3 is 2.55 bits per heavy atom. The number of benzene rings is 2. The van der Waals surface area contributed by atoms with Crippen molar-refractivity contribution in [2.24, 2.45) is 0 Å². The number of para-hydroxylation sites is 1. The number of rotatable bonds is 5. The highest BCUT2D eigenvalue weighted by Crippen LogP contribution is 2.22. The van der Waals surface area contributed by atoms with Crippen LogP contribution in [0.15, 0.2) is 61.2 Å². The molecule has 0 radical (unpaired) electrons. The van der Waals surface area contributed by atoms with Crippen LogP contribution in [-0.2, 0) is 4.79 Å². The molecule has 0 heterocycles. The van der Waals surface area contributed by atoms with E-state index in [9.17, 15) is 9.59 Å². The topological polar surface area (TPSA) is 64.6 Å². The lowest BCUT2D eigenvalue weighted by Crippen LogP contribution is -2.26. The lowest BCUT2D eigenvalue weighted by atomic mass is 10.1. The van der Waals surface area contributed by atoms with Crippen molar-refractivity contribution in [3.05, 3.63) is 72.3 Å². The average molecular weight is 297 g/mol. The van der Waals surface area contributed by atoms with Crippen molar-refractivity contribution in [3.63, 3.8) is 0 Å². The largest absolute Gasteiger partial charge is 0.423 e. The van der Waals surface area contributed by atoms with Crippen LogP contribution in [0.3, 0.4) is 0 Å². The van der Waals surface area contributed by atoms with Gasteiger partial charge in [-0.25, -0.2) is 4.79 Å².